The second-order valence-corrected chi connectivity index (χ2v) is 8.24. The number of hydrogen-bond donors (Lipinski definition) is 1. The third-order valence-electron chi connectivity index (χ3n) is 3.64. The van der Waals surface area contributed by atoms with Gasteiger partial charge in [-0.2, -0.15) is 0 Å². The number of ether oxygens (including phenoxy) is 3. The Labute approximate surface area is 143 Å². The van der Waals surface area contributed by atoms with Crippen molar-refractivity contribution in [2.75, 3.05) is 21.3 Å². The number of aryl methyl sites for hydroxylation is 1. The first kappa shape index (κ1) is 16.5. The van der Waals surface area contributed by atoms with Gasteiger partial charge in [-0.3, -0.25) is 0 Å². The number of nitrogens with zero attached hydrogens (tertiary/aromatic N) is 1. The average Bonchev–Trinajstić information content (AvgIpc) is 2.98. The summed E-state index contributed by atoms with van der Waals surface area (Å²) < 4.78 is 30.5. The molecule has 0 spiro atoms. The quantitative estimate of drug-likeness (QED) is 0.664. The molecule has 0 saturated carbocycles. The van der Waals surface area contributed by atoms with Crippen molar-refractivity contribution in [3.05, 3.63) is 36.2 Å². The maximum absolute atomic E-state index is 13.1. The van der Waals surface area contributed by atoms with E-state index in [9.17, 15) is 3.83 Å². The van der Waals surface area contributed by atoms with Crippen molar-refractivity contribution in [1.82, 2.24) is 9.97 Å². The summed E-state index contributed by atoms with van der Waals surface area (Å²) in [5.74, 6) is 2.31. The summed E-state index contributed by atoms with van der Waals surface area (Å²) in [6.45, 7) is 1.89. The summed E-state index contributed by atoms with van der Waals surface area (Å²) in [4.78, 5) is 7.53. The molecule has 0 aliphatic carbocycles. The van der Waals surface area contributed by atoms with Crippen LogP contribution < -0.4 is 23.1 Å². The molecule has 0 saturated heterocycles. The van der Waals surface area contributed by atoms with E-state index < -0.39 is 13.8 Å². The van der Waals surface area contributed by atoms with Gasteiger partial charge in [0.2, 0.25) is 0 Å². The van der Waals surface area contributed by atoms with Crippen molar-refractivity contribution in [3.8, 4) is 17.2 Å². The zero-order chi connectivity index (χ0) is 17.3. The molecule has 3 rings (SSSR count). The Morgan fingerprint density at radius 3 is 2.21 bits per heavy atom. The van der Waals surface area contributed by atoms with Gasteiger partial charge >= 0.3 is 143 Å². The SMILES string of the molecule is COc1cc([Se](=O)c2ccc3nc(C)[nH]c3c2)cc(OC)c1OC. The average molecular weight is 393 g/mol. The molecule has 2 aromatic carbocycles. The summed E-state index contributed by atoms with van der Waals surface area (Å²) >= 11 is -2.49. The summed E-state index contributed by atoms with van der Waals surface area (Å²) in [7, 11) is 4.63. The van der Waals surface area contributed by atoms with Gasteiger partial charge < -0.3 is 0 Å². The van der Waals surface area contributed by atoms with E-state index >= 15 is 0 Å². The summed E-state index contributed by atoms with van der Waals surface area (Å²) in [5, 5.41) is 0. The van der Waals surface area contributed by atoms with Crippen LogP contribution in [-0.4, -0.2) is 45.1 Å². The molecule has 0 fully saturated rings. The van der Waals surface area contributed by atoms with Crippen LogP contribution in [0.1, 0.15) is 5.82 Å². The molecule has 1 unspecified atom stereocenters. The molecule has 1 aromatic heterocycles. The van der Waals surface area contributed by atoms with Crippen molar-refractivity contribution in [3.63, 3.8) is 0 Å². The Bertz CT molecular complexity index is 895. The fourth-order valence-electron chi connectivity index (χ4n) is 2.53. The maximum atomic E-state index is 13.1. The van der Waals surface area contributed by atoms with Gasteiger partial charge in [0.15, 0.2) is 0 Å². The van der Waals surface area contributed by atoms with Crippen molar-refractivity contribution >= 4 is 33.8 Å². The number of hydrogen-bond acceptors (Lipinski definition) is 5. The van der Waals surface area contributed by atoms with Gasteiger partial charge in [0.05, 0.1) is 0 Å². The van der Waals surface area contributed by atoms with E-state index in [1.54, 1.807) is 33.5 Å². The van der Waals surface area contributed by atoms with Crippen LogP contribution >= 0.6 is 0 Å². The minimum absolute atomic E-state index is 0.488. The van der Waals surface area contributed by atoms with Crippen molar-refractivity contribution in [1.29, 1.82) is 0 Å². The first-order valence-electron chi connectivity index (χ1n) is 7.25. The molecule has 7 heteroatoms. The molecule has 0 bridgehead atoms. The van der Waals surface area contributed by atoms with Crippen molar-refractivity contribution in [2.24, 2.45) is 0 Å². The first-order valence-corrected chi connectivity index (χ1v) is 9.66. The number of nitrogens with one attached hydrogen (secondary N) is 1. The summed E-state index contributed by atoms with van der Waals surface area (Å²) in [6, 6.07) is 9.09. The number of H-pyrrole nitrogens is 1. The predicted molar refractivity (Wildman–Crippen MR) is 92.6 cm³/mol. The number of benzene rings is 2. The van der Waals surface area contributed by atoms with Crippen LogP contribution in [0.2, 0.25) is 0 Å². The number of aromatic nitrogens is 2. The Hall–Kier alpha value is -2.37. The van der Waals surface area contributed by atoms with Gasteiger partial charge in [-0.15, -0.1) is 0 Å². The van der Waals surface area contributed by atoms with Crippen LogP contribution in [0, 0.1) is 6.92 Å². The van der Waals surface area contributed by atoms with Gasteiger partial charge in [-0.25, -0.2) is 0 Å². The second-order valence-electron chi connectivity index (χ2n) is 5.13. The zero-order valence-corrected chi connectivity index (χ0v) is 15.6. The van der Waals surface area contributed by atoms with Crippen LogP contribution in [0.5, 0.6) is 17.2 Å². The molecule has 0 radical (unpaired) electrons. The Balaban J connectivity index is 2.07. The van der Waals surface area contributed by atoms with Crippen molar-refractivity contribution in [2.45, 2.75) is 6.92 Å². The molecular weight excluding hydrogens is 375 g/mol. The monoisotopic (exact) mass is 394 g/mol. The molecule has 0 aliphatic heterocycles. The zero-order valence-electron chi connectivity index (χ0n) is 13.9. The molecule has 24 heavy (non-hydrogen) atoms. The second kappa shape index (κ2) is 6.63. The molecule has 126 valence electrons. The van der Waals surface area contributed by atoms with Crippen LogP contribution in [0.25, 0.3) is 11.0 Å². The fraction of sp³-hybridized carbons (Fsp3) is 0.235. The Morgan fingerprint density at radius 2 is 1.62 bits per heavy atom. The predicted octanol–water partition coefficient (Wildman–Crippen LogP) is 1.43. The fourth-order valence-corrected chi connectivity index (χ4v) is 4.87. The normalized spacial score (nSPS) is 12.2. The van der Waals surface area contributed by atoms with Crippen LogP contribution in [0.15, 0.2) is 30.3 Å². The number of aromatic amines is 1. The van der Waals surface area contributed by atoms with E-state index in [4.69, 9.17) is 14.2 Å². The van der Waals surface area contributed by atoms with Gasteiger partial charge in [-0.1, -0.05) is 0 Å². The number of rotatable bonds is 5. The molecule has 6 nitrogen and oxygen atoms in total. The third kappa shape index (κ3) is 2.88. The molecule has 1 N–H and O–H groups in total. The standard InChI is InChI=1S/C17H18N2O4Se/c1-10-18-13-6-5-11(7-14(13)19-10)24(20)12-8-15(21-2)17(23-4)16(9-12)22-3/h5-9H,1-4H3,(H,18,19). The molecule has 1 heterocycles. The van der Waals surface area contributed by atoms with E-state index in [1.165, 1.54) is 0 Å². The topological polar surface area (TPSA) is 73.4 Å². The number of methoxy groups -OCH3 is 3. The van der Waals surface area contributed by atoms with Crippen molar-refractivity contribution < 1.29 is 18.0 Å². The van der Waals surface area contributed by atoms with E-state index in [2.05, 4.69) is 9.97 Å². The third-order valence-corrected chi connectivity index (χ3v) is 6.46. The molecule has 0 aliphatic rings. The van der Waals surface area contributed by atoms with E-state index in [1.807, 2.05) is 25.1 Å². The van der Waals surface area contributed by atoms with Gasteiger partial charge in [0.1, 0.15) is 0 Å². The Morgan fingerprint density at radius 1 is 0.958 bits per heavy atom. The molecular formula is C17H18N2O4Se. The van der Waals surface area contributed by atoms with Gasteiger partial charge in [0, 0.05) is 0 Å². The van der Waals surface area contributed by atoms with E-state index in [0.717, 1.165) is 21.3 Å². The van der Waals surface area contributed by atoms with E-state index in [-0.39, 0.29) is 0 Å². The van der Waals surface area contributed by atoms with Crippen LogP contribution in [0.3, 0.4) is 0 Å². The number of fused-ring (bicyclic) bond motifs is 1. The first-order chi connectivity index (χ1) is 11.6. The van der Waals surface area contributed by atoms with Gasteiger partial charge in [-0.05, 0) is 0 Å². The summed E-state index contributed by atoms with van der Waals surface area (Å²) in [6.07, 6.45) is 0. The molecule has 1 atom stereocenters. The van der Waals surface area contributed by atoms with Crippen LogP contribution in [-0.2, 0) is 3.83 Å². The molecule has 0 amide bonds. The van der Waals surface area contributed by atoms with Crippen LogP contribution in [0.4, 0.5) is 0 Å². The Kier molecular flexibility index (Phi) is 4.55. The van der Waals surface area contributed by atoms with E-state index in [0.29, 0.717) is 21.7 Å². The van der Waals surface area contributed by atoms with Gasteiger partial charge in [0.25, 0.3) is 0 Å². The molecule has 3 aromatic rings. The summed E-state index contributed by atoms with van der Waals surface area (Å²) in [5.41, 5.74) is 1.74. The minimum atomic E-state index is -2.49. The number of imidazole rings is 1.